The number of Topliss-reactive ketones (excluding diaryl/α,β-unsaturated/α-hetero) is 1. The Morgan fingerprint density at radius 1 is 1.32 bits per heavy atom. The van der Waals surface area contributed by atoms with E-state index in [1.54, 1.807) is 6.07 Å². The third-order valence-electron chi connectivity index (χ3n) is 6.70. The highest BCUT2D eigenvalue weighted by molar-refractivity contribution is 6.00. The molecule has 1 aliphatic carbocycles. The van der Waals surface area contributed by atoms with Gasteiger partial charge in [0, 0.05) is 24.7 Å². The number of anilines is 1. The van der Waals surface area contributed by atoms with Crippen LogP contribution in [0.15, 0.2) is 18.2 Å². The number of rotatable bonds is 6. The smallest absolute Gasteiger partial charge is 0.250 e. The number of aromatic nitrogens is 2. The van der Waals surface area contributed by atoms with Crippen molar-refractivity contribution in [2.75, 3.05) is 25.5 Å². The van der Waals surface area contributed by atoms with Crippen molar-refractivity contribution in [3.8, 4) is 5.69 Å². The first kappa shape index (κ1) is 21.6. The third-order valence-corrected chi connectivity index (χ3v) is 6.70. The summed E-state index contributed by atoms with van der Waals surface area (Å²) in [6.07, 6.45) is 4.78. The number of carbonyl (C=O) groups excluding carboxylic acids is 2. The molecule has 2 heterocycles. The Balaban J connectivity index is 1.64. The van der Waals surface area contributed by atoms with Gasteiger partial charge in [-0.1, -0.05) is 13.8 Å². The monoisotopic (exact) mass is 423 g/mol. The predicted octanol–water partition coefficient (Wildman–Crippen LogP) is 3.33. The second kappa shape index (κ2) is 8.11. The fourth-order valence-electron chi connectivity index (χ4n) is 5.10. The van der Waals surface area contributed by atoms with Gasteiger partial charge in [-0.05, 0) is 69.8 Å². The van der Waals surface area contributed by atoms with Crippen molar-refractivity contribution in [2.24, 2.45) is 11.1 Å². The van der Waals surface area contributed by atoms with Gasteiger partial charge in [0.2, 0.25) is 0 Å². The Hall–Kier alpha value is -2.67. The summed E-state index contributed by atoms with van der Waals surface area (Å²) in [6.45, 7) is 8.03. The highest BCUT2D eigenvalue weighted by Gasteiger charge is 2.35. The van der Waals surface area contributed by atoms with Crippen LogP contribution >= 0.6 is 0 Å². The molecule has 1 aromatic carbocycles. The lowest BCUT2D eigenvalue weighted by Gasteiger charge is -2.29. The van der Waals surface area contributed by atoms with Gasteiger partial charge in [-0.15, -0.1) is 0 Å². The van der Waals surface area contributed by atoms with E-state index < -0.39 is 5.91 Å². The predicted molar refractivity (Wildman–Crippen MR) is 122 cm³/mol. The summed E-state index contributed by atoms with van der Waals surface area (Å²) in [4.78, 5) is 27.1. The molecule has 0 radical (unpaired) electrons. The van der Waals surface area contributed by atoms with E-state index in [1.165, 1.54) is 12.8 Å². The average Bonchev–Trinajstić information content (AvgIpc) is 3.23. The van der Waals surface area contributed by atoms with Gasteiger partial charge in [-0.25, -0.2) is 4.68 Å². The number of nitrogens with zero attached hydrogens (tertiary/aromatic N) is 3. The Bertz CT molecular complexity index is 1020. The normalized spacial score (nSPS) is 20.6. The molecule has 2 aromatic rings. The summed E-state index contributed by atoms with van der Waals surface area (Å²) < 4.78 is 1.87. The zero-order valence-electron chi connectivity index (χ0n) is 19.0. The van der Waals surface area contributed by atoms with Crippen LogP contribution in [0.25, 0.3) is 5.69 Å². The van der Waals surface area contributed by atoms with E-state index in [2.05, 4.69) is 31.1 Å². The fraction of sp³-hybridized carbons (Fsp3) is 0.542. The average molecular weight is 424 g/mol. The van der Waals surface area contributed by atoms with Gasteiger partial charge in [-0.2, -0.15) is 5.10 Å². The van der Waals surface area contributed by atoms with Gasteiger partial charge in [0.05, 0.1) is 28.2 Å². The van der Waals surface area contributed by atoms with E-state index in [0.29, 0.717) is 23.7 Å². The molecule has 0 bridgehead atoms. The van der Waals surface area contributed by atoms with Crippen molar-refractivity contribution in [1.29, 1.82) is 0 Å². The van der Waals surface area contributed by atoms with Crippen LogP contribution in [0, 0.1) is 12.3 Å². The SMILES string of the molecule is Cc1nn(-c2ccc(C(N)=O)c(NCCC3CCCN3C)c2)c2c1C(=O)CC(C)(C)C2. The van der Waals surface area contributed by atoms with Crippen LogP contribution in [0.4, 0.5) is 5.69 Å². The number of ketones is 1. The first-order valence-electron chi connectivity index (χ1n) is 11.2. The number of fused-ring (bicyclic) bond motifs is 1. The molecule has 1 unspecified atom stereocenters. The van der Waals surface area contributed by atoms with E-state index >= 15 is 0 Å². The van der Waals surface area contributed by atoms with Gasteiger partial charge in [0.15, 0.2) is 5.78 Å². The van der Waals surface area contributed by atoms with Crippen LogP contribution in [0.1, 0.15) is 71.6 Å². The Labute approximate surface area is 184 Å². The lowest BCUT2D eigenvalue weighted by Crippen LogP contribution is -2.28. The molecule has 0 spiro atoms. The molecule has 31 heavy (non-hydrogen) atoms. The number of primary amides is 1. The molecule has 1 fully saturated rings. The molecule has 1 saturated heterocycles. The second-order valence-electron chi connectivity index (χ2n) is 9.85. The Morgan fingerprint density at radius 2 is 2.10 bits per heavy atom. The summed E-state index contributed by atoms with van der Waals surface area (Å²) in [7, 11) is 2.17. The topological polar surface area (TPSA) is 93.2 Å². The van der Waals surface area contributed by atoms with E-state index in [-0.39, 0.29) is 11.2 Å². The summed E-state index contributed by atoms with van der Waals surface area (Å²) in [6, 6.07) is 6.11. The minimum atomic E-state index is -0.456. The van der Waals surface area contributed by atoms with Crippen molar-refractivity contribution in [1.82, 2.24) is 14.7 Å². The molecule has 4 rings (SSSR count). The van der Waals surface area contributed by atoms with Gasteiger partial charge >= 0.3 is 0 Å². The van der Waals surface area contributed by atoms with Crippen molar-refractivity contribution in [2.45, 2.75) is 58.9 Å². The maximum Gasteiger partial charge on any atom is 0.250 e. The number of aryl methyl sites for hydroxylation is 1. The van der Waals surface area contributed by atoms with Crippen LogP contribution in [0.5, 0.6) is 0 Å². The molecule has 2 aliphatic rings. The number of carbonyl (C=O) groups is 2. The molecule has 1 atom stereocenters. The second-order valence-corrected chi connectivity index (χ2v) is 9.85. The first-order chi connectivity index (χ1) is 14.7. The van der Waals surface area contributed by atoms with Crippen LogP contribution < -0.4 is 11.1 Å². The number of likely N-dealkylation sites (tertiary alicyclic amines) is 1. The molecule has 1 amide bonds. The molecule has 166 valence electrons. The molecule has 7 heteroatoms. The van der Waals surface area contributed by atoms with E-state index in [4.69, 9.17) is 10.8 Å². The number of hydrogen-bond acceptors (Lipinski definition) is 5. The first-order valence-corrected chi connectivity index (χ1v) is 11.2. The molecule has 3 N–H and O–H groups in total. The van der Waals surface area contributed by atoms with Gasteiger partial charge in [0.1, 0.15) is 0 Å². The van der Waals surface area contributed by atoms with E-state index in [1.807, 2.05) is 23.7 Å². The fourth-order valence-corrected chi connectivity index (χ4v) is 5.10. The van der Waals surface area contributed by atoms with Gasteiger partial charge in [-0.3, -0.25) is 9.59 Å². The zero-order valence-corrected chi connectivity index (χ0v) is 19.0. The number of hydrogen-bond donors (Lipinski definition) is 2. The van der Waals surface area contributed by atoms with Crippen molar-refractivity contribution in [3.63, 3.8) is 0 Å². The van der Waals surface area contributed by atoms with Crippen LogP contribution in [0.2, 0.25) is 0 Å². The minimum Gasteiger partial charge on any atom is -0.384 e. The molecular formula is C24H33N5O2. The maximum absolute atomic E-state index is 12.7. The number of amides is 1. The largest absolute Gasteiger partial charge is 0.384 e. The van der Waals surface area contributed by atoms with Crippen LogP contribution in [-0.4, -0.2) is 52.5 Å². The maximum atomic E-state index is 12.7. The molecule has 0 saturated carbocycles. The van der Waals surface area contributed by atoms with Crippen LogP contribution in [0.3, 0.4) is 0 Å². The van der Waals surface area contributed by atoms with Crippen molar-refractivity contribution < 1.29 is 9.59 Å². The standard InChI is InChI=1S/C24H33N5O2/c1-15-22-20(13-24(2,3)14-21(22)30)29(27-15)17-7-8-18(23(25)31)19(12-17)26-10-9-16-6-5-11-28(16)4/h7-8,12,16,26H,5-6,9-11,13-14H2,1-4H3,(H2,25,31). The van der Waals surface area contributed by atoms with E-state index in [0.717, 1.165) is 48.6 Å². The summed E-state index contributed by atoms with van der Waals surface area (Å²) in [5, 5.41) is 8.12. The lowest BCUT2D eigenvalue weighted by atomic mass is 9.75. The summed E-state index contributed by atoms with van der Waals surface area (Å²) >= 11 is 0. The molecule has 1 aliphatic heterocycles. The summed E-state index contributed by atoms with van der Waals surface area (Å²) in [5.41, 5.74) is 10.0. The quantitative estimate of drug-likeness (QED) is 0.743. The zero-order chi connectivity index (χ0) is 22.3. The number of benzene rings is 1. The van der Waals surface area contributed by atoms with Gasteiger partial charge < -0.3 is 16.0 Å². The lowest BCUT2D eigenvalue weighted by molar-refractivity contribution is 0.0909. The van der Waals surface area contributed by atoms with Gasteiger partial charge in [0.25, 0.3) is 5.91 Å². The van der Waals surface area contributed by atoms with Crippen molar-refractivity contribution in [3.05, 3.63) is 40.7 Å². The van der Waals surface area contributed by atoms with Crippen molar-refractivity contribution >= 4 is 17.4 Å². The van der Waals surface area contributed by atoms with E-state index in [9.17, 15) is 9.59 Å². The highest BCUT2D eigenvalue weighted by Crippen LogP contribution is 2.37. The molecular weight excluding hydrogens is 390 g/mol. The highest BCUT2D eigenvalue weighted by atomic mass is 16.1. The molecule has 7 nitrogen and oxygen atoms in total. The van der Waals surface area contributed by atoms with Crippen LogP contribution in [-0.2, 0) is 6.42 Å². The Kier molecular flexibility index (Phi) is 5.64. The third kappa shape index (κ3) is 4.24. The Morgan fingerprint density at radius 3 is 2.77 bits per heavy atom. The number of nitrogens with two attached hydrogens (primary N) is 1. The summed E-state index contributed by atoms with van der Waals surface area (Å²) in [5.74, 6) is -0.301. The number of nitrogens with one attached hydrogen (secondary N) is 1. The minimum absolute atomic E-state index is 0.101. The molecule has 1 aromatic heterocycles.